The summed E-state index contributed by atoms with van der Waals surface area (Å²) in [5, 5.41) is 0. The van der Waals surface area contributed by atoms with Gasteiger partial charge in [0.05, 0.1) is 24.8 Å². The van der Waals surface area contributed by atoms with Crippen molar-refractivity contribution in [3.8, 4) is 11.5 Å². The first kappa shape index (κ1) is 12.7. The minimum absolute atomic E-state index is 0.350. The molecule has 1 aliphatic carbocycles. The Labute approximate surface area is 109 Å². The normalized spacial score (nSPS) is 14.8. The number of methoxy groups -OCH3 is 1. The Bertz CT molecular complexity index is 394. The Balaban J connectivity index is 2.19. The summed E-state index contributed by atoms with van der Waals surface area (Å²) in [5.41, 5.74) is 3.87. The van der Waals surface area contributed by atoms with Gasteiger partial charge >= 0.3 is 0 Å². The minimum Gasteiger partial charge on any atom is -0.493 e. The van der Waals surface area contributed by atoms with E-state index in [1.54, 1.807) is 14.2 Å². The smallest absolute Gasteiger partial charge is 0.175 e. The van der Waals surface area contributed by atoms with Crippen LogP contribution in [0, 0.1) is 0 Å². The second kappa shape index (κ2) is 5.71. The van der Waals surface area contributed by atoms with Crippen molar-refractivity contribution in [3.05, 3.63) is 22.2 Å². The van der Waals surface area contributed by atoms with E-state index in [-0.39, 0.29) is 0 Å². The zero-order chi connectivity index (χ0) is 12.3. The van der Waals surface area contributed by atoms with Gasteiger partial charge in [0.1, 0.15) is 0 Å². The van der Waals surface area contributed by atoms with Crippen molar-refractivity contribution in [2.45, 2.75) is 25.5 Å². The molecule has 0 heterocycles. The maximum absolute atomic E-state index is 5.81. The Hall–Kier alpha value is -0.780. The number of hydrogen-bond acceptors (Lipinski definition) is 4. The predicted molar refractivity (Wildman–Crippen MR) is 68.2 cm³/mol. The molecule has 1 aromatic carbocycles. The molecule has 0 amide bonds. The fourth-order valence-electron chi connectivity index (χ4n) is 1.50. The third kappa shape index (κ3) is 3.34. The molecule has 0 spiro atoms. The summed E-state index contributed by atoms with van der Waals surface area (Å²) in [6.07, 6.45) is 2.61. The van der Waals surface area contributed by atoms with Crippen LogP contribution in [0.2, 0.25) is 0 Å². The Morgan fingerprint density at radius 1 is 1.35 bits per heavy atom. The third-order valence-electron chi connectivity index (χ3n) is 2.52. The molecule has 4 nitrogen and oxygen atoms in total. The summed E-state index contributed by atoms with van der Waals surface area (Å²) in [6.45, 7) is 0.620. The highest BCUT2D eigenvalue weighted by atomic mass is 79.9. The lowest BCUT2D eigenvalue weighted by Crippen LogP contribution is -2.11. The number of hydroxylamine groups is 1. The second-order valence-electron chi connectivity index (χ2n) is 3.95. The van der Waals surface area contributed by atoms with Gasteiger partial charge in [-0.2, -0.15) is 5.48 Å². The summed E-state index contributed by atoms with van der Waals surface area (Å²) in [5.74, 6) is 1.54. The van der Waals surface area contributed by atoms with Crippen LogP contribution in [-0.4, -0.2) is 20.3 Å². The zero-order valence-corrected chi connectivity index (χ0v) is 11.5. The first-order chi connectivity index (χ1) is 8.24. The van der Waals surface area contributed by atoms with Crippen LogP contribution in [-0.2, 0) is 11.4 Å². The molecule has 0 radical (unpaired) electrons. The summed E-state index contributed by atoms with van der Waals surface area (Å²) >= 11 is 3.51. The summed E-state index contributed by atoms with van der Waals surface area (Å²) in [6, 6.07) is 3.96. The van der Waals surface area contributed by atoms with E-state index in [0.29, 0.717) is 12.6 Å². The summed E-state index contributed by atoms with van der Waals surface area (Å²) in [4.78, 5) is 4.83. The van der Waals surface area contributed by atoms with Crippen LogP contribution in [0.15, 0.2) is 16.6 Å². The molecule has 0 atom stereocenters. The molecular formula is C12H16BrNO3. The number of rotatable bonds is 6. The van der Waals surface area contributed by atoms with Crippen molar-refractivity contribution in [2.75, 3.05) is 14.2 Å². The number of benzene rings is 1. The van der Waals surface area contributed by atoms with E-state index in [9.17, 15) is 0 Å². The molecule has 2 rings (SSSR count). The van der Waals surface area contributed by atoms with Gasteiger partial charge in [-0.3, -0.25) is 0 Å². The summed E-state index contributed by atoms with van der Waals surface area (Å²) in [7, 11) is 3.24. The van der Waals surface area contributed by atoms with Gasteiger partial charge in [-0.1, -0.05) is 0 Å². The highest BCUT2D eigenvalue weighted by Gasteiger charge is 2.26. The highest BCUT2D eigenvalue weighted by molar-refractivity contribution is 9.10. The monoisotopic (exact) mass is 301 g/mol. The van der Waals surface area contributed by atoms with E-state index < -0.39 is 0 Å². The molecule has 5 heteroatoms. The first-order valence-electron chi connectivity index (χ1n) is 5.53. The van der Waals surface area contributed by atoms with Gasteiger partial charge in [0.15, 0.2) is 11.5 Å². The molecule has 1 N–H and O–H groups in total. The lowest BCUT2D eigenvalue weighted by molar-refractivity contribution is 0.0866. The Morgan fingerprint density at radius 2 is 2.12 bits per heavy atom. The zero-order valence-electron chi connectivity index (χ0n) is 9.96. The third-order valence-corrected chi connectivity index (χ3v) is 3.11. The van der Waals surface area contributed by atoms with Crippen molar-refractivity contribution in [1.82, 2.24) is 5.48 Å². The molecule has 1 saturated carbocycles. The molecule has 0 aromatic heterocycles. The number of halogens is 1. The van der Waals surface area contributed by atoms with Crippen LogP contribution in [0.3, 0.4) is 0 Å². The highest BCUT2D eigenvalue weighted by Crippen LogP contribution is 2.40. The largest absolute Gasteiger partial charge is 0.493 e. The standard InChI is InChI=1S/C12H16BrNO3/c1-15-11-6-8(7-14-16-2)5-10(13)12(11)17-9-3-4-9/h5-6,9,14H,3-4,7H2,1-2H3. The quantitative estimate of drug-likeness (QED) is 0.820. The van der Waals surface area contributed by atoms with E-state index in [1.165, 1.54) is 0 Å². The average molecular weight is 302 g/mol. The van der Waals surface area contributed by atoms with Crippen molar-refractivity contribution >= 4 is 15.9 Å². The van der Waals surface area contributed by atoms with Gasteiger partial charge in [0, 0.05) is 6.54 Å². The number of nitrogens with one attached hydrogen (secondary N) is 1. The van der Waals surface area contributed by atoms with Crippen LogP contribution in [0.1, 0.15) is 18.4 Å². The van der Waals surface area contributed by atoms with Crippen molar-refractivity contribution in [1.29, 1.82) is 0 Å². The SMILES string of the molecule is CONCc1cc(Br)c(OC2CC2)c(OC)c1. The van der Waals surface area contributed by atoms with Crippen molar-refractivity contribution in [2.24, 2.45) is 0 Å². The molecule has 0 bridgehead atoms. The van der Waals surface area contributed by atoms with Crippen molar-refractivity contribution in [3.63, 3.8) is 0 Å². The Kier molecular flexibility index (Phi) is 4.25. The maximum atomic E-state index is 5.81. The van der Waals surface area contributed by atoms with E-state index in [4.69, 9.17) is 14.3 Å². The number of ether oxygens (including phenoxy) is 2. The minimum atomic E-state index is 0.350. The molecule has 94 valence electrons. The van der Waals surface area contributed by atoms with E-state index in [1.807, 2.05) is 12.1 Å². The molecule has 17 heavy (non-hydrogen) atoms. The fraction of sp³-hybridized carbons (Fsp3) is 0.500. The van der Waals surface area contributed by atoms with Gasteiger partial charge in [-0.25, -0.2) is 0 Å². The van der Waals surface area contributed by atoms with Crippen LogP contribution in [0.5, 0.6) is 11.5 Å². The molecule has 1 aromatic rings. The molecule has 1 aliphatic rings. The van der Waals surface area contributed by atoms with Crippen LogP contribution in [0.25, 0.3) is 0 Å². The van der Waals surface area contributed by atoms with Crippen LogP contribution < -0.4 is 15.0 Å². The fourth-order valence-corrected chi connectivity index (χ4v) is 2.08. The van der Waals surface area contributed by atoms with E-state index in [0.717, 1.165) is 34.4 Å². The van der Waals surface area contributed by atoms with E-state index in [2.05, 4.69) is 21.4 Å². The Morgan fingerprint density at radius 3 is 2.71 bits per heavy atom. The van der Waals surface area contributed by atoms with Gasteiger partial charge in [-0.15, -0.1) is 0 Å². The summed E-state index contributed by atoms with van der Waals surface area (Å²) < 4.78 is 12.1. The van der Waals surface area contributed by atoms with Gasteiger partial charge in [0.25, 0.3) is 0 Å². The molecule has 0 saturated heterocycles. The van der Waals surface area contributed by atoms with Crippen LogP contribution >= 0.6 is 15.9 Å². The van der Waals surface area contributed by atoms with Gasteiger partial charge in [0.2, 0.25) is 0 Å². The van der Waals surface area contributed by atoms with E-state index >= 15 is 0 Å². The number of hydrogen-bond donors (Lipinski definition) is 1. The lowest BCUT2D eigenvalue weighted by atomic mass is 10.2. The molecular weight excluding hydrogens is 286 g/mol. The first-order valence-corrected chi connectivity index (χ1v) is 6.32. The average Bonchev–Trinajstić information content (AvgIpc) is 3.13. The van der Waals surface area contributed by atoms with Crippen molar-refractivity contribution < 1.29 is 14.3 Å². The van der Waals surface area contributed by atoms with Gasteiger partial charge in [-0.05, 0) is 46.5 Å². The molecule has 0 unspecified atom stereocenters. The van der Waals surface area contributed by atoms with Gasteiger partial charge < -0.3 is 14.3 Å². The second-order valence-corrected chi connectivity index (χ2v) is 4.81. The molecule has 1 fully saturated rings. The molecule has 0 aliphatic heterocycles. The topological polar surface area (TPSA) is 39.7 Å². The predicted octanol–water partition coefficient (Wildman–Crippen LogP) is 2.65. The lowest BCUT2D eigenvalue weighted by Gasteiger charge is -2.14. The van der Waals surface area contributed by atoms with Crippen LogP contribution in [0.4, 0.5) is 0 Å². The maximum Gasteiger partial charge on any atom is 0.175 e.